The largest absolute Gasteiger partial charge is 0.310 e. The molecule has 0 bridgehead atoms. The first kappa shape index (κ1) is 22.6. The van der Waals surface area contributed by atoms with Crippen molar-refractivity contribution in [2.45, 2.75) is 19.3 Å². The Morgan fingerprint density at radius 3 is 1.79 bits per heavy atom. The first-order valence-corrected chi connectivity index (χ1v) is 13.3. The van der Waals surface area contributed by atoms with Crippen molar-refractivity contribution in [3.8, 4) is 22.3 Å². The maximum atomic E-state index is 2.41. The van der Waals surface area contributed by atoms with Gasteiger partial charge < -0.3 is 4.90 Å². The van der Waals surface area contributed by atoms with Crippen LogP contribution in [-0.2, 0) is 5.41 Å². The molecule has 0 aromatic heterocycles. The molecule has 1 heteroatoms. The fourth-order valence-corrected chi connectivity index (χ4v) is 6.18. The number of rotatable bonds is 4. The minimum Gasteiger partial charge on any atom is -0.310 e. The fraction of sp³-hybridized carbons (Fsp3) is 0.0811. The standard InChI is InChI=1S/C37H29N/c1-37(2)32-23-21-28(26-13-6-3-7-14-26)25-31(32)36-34(24-22-27-15-12-20-33(37)35(27)36)38(29-16-8-4-9-17-29)30-18-10-5-11-19-30/h3-25H,1-2H3. The normalized spacial score (nSPS) is 13.2. The van der Waals surface area contributed by atoms with Gasteiger partial charge >= 0.3 is 0 Å². The van der Waals surface area contributed by atoms with Crippen molar-refractivity contribution in [2.75, 3.05) is 4.90 Å². The van der Waals surface area contributed by atoms with Gasteiger partial charge in [-0.2, -0.15) is 0 Å². The van der Waals surface area contributed by atoms with Gasteiger partial charge in [-0.05, 0) is 75.0 Å². The lowest BCUT2D eigenvalue weighted by Gasteiger charge is -2.38. The topological polar surface area (TPSA) is 3.24 Å². The molecule has 0 radical (unpaired) electrons. The second-order valence-electron chi connectivity index (χ2n) is 10.6. The molecule has 0 heterocycles. The Labute approximate surface area is 224 Å². The molecule has 0 atom stereocenters. The highest BCUT2D eigenvalue weighted by atomic mass is 15.1. The highest BCUT2D eigenvalue weighted by molar-refractivity contribution is 6.10. The maximum absolute atomic E-state index is 2.41. The predicted molar refractivity (Wildman–Crippen MR) is 162 cm³/mol. The summed E-state index contributed by atoms with van der Waals surface area (Å²) in [4.78, 5) is 2.41. The van der Waals surface area contributed by atoms with Crippen molar-refractivity contribution in [3.63, 3.8) is 0 Å². The maximum Gasteiger partial charge on any atom is 0.0546 e. The van der Waals surface area contributed by atoms with Gasteiger partial charge in [0.2, 0.25) is 0 Å². The average Bonchev–Trinajstić information content (AvgIpc) is 2.97. The van der Waals surface area contributed by atoms with E-state index in [2.05, 4.69) is 158 Å². The zero-order chi connectivity index (χ0) is 25.7. The van der Waals surface area contributed by atoms with E-state index >= 15 is 0 Å². The first-order chi connectivity index (χ1) is 18.6. The van der Waals surface area contributed by atoms with Gasteiger partial charge in [0.25, 0.3) is 0 Å². The Balaban J connectivity index is 1.60. The number of hydrogen-bond donors (Lipinski definition) is 0. The molecule has 0 amide bonds. The van der Waals surface area contributed by atoms with E-state index in [9.17, 15) is 0 Å². The molecule has 1 aliphatic rings. The van der Waals surface area contributed by atoms with Gasteiger partial charge in [0.05, 0.1) is 5.69 Å². The zero-order valence-corrected chi connectivity index (χ0v) is 21.7. The van der Waals surface area contributed by atoms with Crippen LogP contribution in [0.15, 0.2) is 140 Å². The van der Waals surface area contributed by atoms with Gasteiger partial charge in [-0.25, -0.2) is 0 Å². The Hall–Kier alpha value is -4.62. The summed E-state index contributed by atoms with van der Waals surface area (Å²) in [5, 5.41) is 2.63. The van der Waals surface area contributed by atoms with Crippen LogP contribution in [0.1, 0.15) is 25.0 Å². The average molecular weight is 488 g/mol. The molecule has 0 N–H and O–H groups in total. The number of benzene rings is 6. The molecule has 0 aliphatic heterocycles. The molecule has 6 aromatic carbocycles. The van der Waals surface area contributed by atoms with Gasteiger partial charge in [-0.1, -0.05) is 117 Å². The van der Waals surface area contributed by atoms with Crippen LogP contribution in [0.5, 0.6) is 0 Å². The van der Waals surface area contributed by atoms with E-state index in [-0.39, 0.29) is 5.41 Å². The summed E-state index contributed by atoms with van der Waals surface area (Å²) in [5.74, 6) is 0. The van der Waals surface area contributed by atoms with Gasteiger partial charge in [-0.15, -0.1) is 0 Å². The molecule has 1 aliphatic carbocycles. The number of hydrogen-bond acceptors (Lipinski definition) is 1. The molecular weight excluding hydrogens is 458 g/mol. The SMILES string of the molecule is CC1(C)c2ccc(-c3ccccc3)cc2-c2c(N(c3ccccc3)c3ccccc3)ccc3cccc1c23. The summed E-state index contributed by atoms with van der Waals surface area (Å²) >= 11 is 0. The summed E-state index contributed by atoms with van der Waals surface area (Å²) in [6.45, 7) is 4.73. The van der Waals surface area contributed by atoms with E-state index in [0.717, 1.165) is 11.4 Å². The molecule has 0 unspecified atom stereocenters. The van der Waals surface area contributed by atoms with Gasteiger partial charge in [0.15, 0.2) is 0 Å². The lowest BCUT2D eigenvalue weighted by Crippen LogP contribution is -2.24. The van der Waals surface area contributed by atoms with Crippen LogP contribution in [0.2, 0.25) is 0 Å². The lowest BCUT2D eigenvalue weighted by atomic mass is 9.67. The number of nitrogens with zero attached hydrogens (tertiary/aromatic N) is 1. The lowest BCUT2D eigenvalue weighted by molar-refractivity contribution is 0.645. The molecule has 0 spiro atoms. The summed E-state index contributed by atoms with van der Waals surface area (Å²) in [7, 11) is 0. The molecule has 0 fully saturated rings. The molecule has 6 aromatic rings. The van der Waals surface area contributed by atoms with E-state index in [4.69, 9.17) is 0 Å². The number of fused-ring (bicyclic) bond motifs is 2. The highest BCUT2D eigenvalue weighted by Gasteiger charge is 2.35. The highest BCUT2D eigenvalue weighted by Crippen LogP contribution is 2.54. The van der Waals surface area contributed by atoms with Gasteiger partial charge in [0.1, 0.15) is 0 Å². The molecule has 38 heavy (non-hydrogen) atoms. The van der Waals surface area contributed by atoms with Crippen LogP contribution >= 0.6 is 0 Å². The molecule has 0 saturated heterocycles. The second kappa shape index (κ2) is 8.75. The Kier molecular flexibility index (Phi) is 5.19. The van der Waals surface area contributed by atoms with Crippen LogP contribution in [0.4, 0.5) is 17.1 Å². The van der Waals surface area contributed by atoms with Crippen molar-refractivity contribution < 1.29 is 0 Å². The summed E-state index contributed by atoms with van der Waals surface area (Å²) in [6, 6.07) is 50.6. The molecule has 182 valence electrons. The van der Waals surface area contributed by atoms with Crippen molar-refractivity contribution >= 4 is 27.8 Å². The van der Waals surface area contributed by atoms with E-state index in [1.807, 2.05) is 0 Å². The predicted octanol–water partition coefficient (Wildman–Crippen LogP) is 10.3. The molecular formula is C37H29N. The van der Waals surface area contributed by atoms with E-state index in [0.29, 0.717) is 0 Å². The van der Waals surface area contributed by atoms with E-state index in [1.54, 1.807) is 0 Å². The van der Waals surface area contributed by atoms with Crippen molar-refractivity contribution in [3.05, 3.63) is 151 Å². The summed E-state index contributed by atoms with van der Waals surface area (Å²) < 4.78 is 0. The van der Waals surface area contributed by atoms with Crippen molar-refractivity contribution in [1.82, 2.24) is 0 Å². The fourth-order valence-electron chi connectivity index (χ4n) is 6.18. The van der Waals surface area contributed by atoms with Crippen LogP contribution in [0.25, 0.3) is 33.0 Å². The van der Waals surface area contributed by atoms with Crippen molar-refractivity contribution in [2.24, 2.45) is 0 Å². The van der Waals surface area contributed by atoms with Crippen LogP contribution in [-0.4, -0.2) is 0 Å². The van der Waals surface area contributed by atoms with Crippen LogP contribution < -0.4 is 4.90 Å². The summed E-state index contributed by atoms with van der Waals surface area (Å²) in [6.07, 6.45) is 0. The summed E-state index contributed by atoms with van der Waals surface area (Å²) in [5.41, 5.74) is 11.2. The molecule has 7 rings (SSSR count). The van der Waals surface area contributed by atoms with Gasteiger partial charge in [-0.3, -0.25) is 0 Å². The first-order valence-electron chi connectivity index (χ1n) is 13.3. The Morgan fingerprint density at radius 2 is 1.13 bits per heavy atom. The quantitative estimate of drug-likeness (QED) is 0.239. The smallest absolute Gasteiger partial charge is 0.0546 e. The monoisotopic (exact) mass is 487 g/mol. The van der Waals surface area contributed by atoms with E-state index < -0.39 is 0 Å². The van der Waals surface area contributed by atoms with Crippen molar-refractivity contribution in [1.29, 1.82) is 0 Å². The third-order valence-corrected chi connectivity index (χ3v) is 8.04. The van der Waals surface area contributed by atoms with E-state index in [1.165, 1.54) is 49.8 Å². The molecule has 1 nitrogen and oxygen atoms in total. The zero-order valence-electron chi connectivity index (χ0n) is 21.7. The van der Waals surface area contributed by atoms with Gasteiger partial charge in [0, 0.05) is 22.4 Å². The number of para-hydroxylation sites is 2. The number of anilines is 3. The minimum atomic E-state index is -0.111. The third-order valence-electron chi connectivity index (χ3n) is 8.04. The molecule has 0 saturated carbocycles. The van der Waals surface area contributed by atoms with Crippen LogP contribution in [0.3, 0.4) is 0 Å². The Morgan fingerprint density at radius 1 is 0.500 bits per heavy atom. The van der Waals surface area contributed by atoms with Crippen LogP contribution in [0, 0.1) is 0 Å². The Bertz CT molecular complexity index is 1730. The minimum absolute atomic E-state index is 0.111. The third kappa shape index (κ3) is 3.47. The second-order valence-corrected chi connectivity index (χ2v) is 10.6.